The number of amides is 4. The van der Waals surface area contributed by atoms with Gasteiger partial charge in [0, 0.05) is 11.4 Å². The van der Waals surface area contributed by atoms with E-state index in [1.54, 1.807) is 0 Å². The fourth-order valence-corrected chi connectivity index (χ4v) is 4.45. The lowest BCUT2D eigenvalue weighted by Gasteiger charge is -2.20. The number of fused-ring (bicyclic) bond motifs is 1. The molecule has 0 aliphatic carbocycles. The molecule has 0 fully saturated rings. The van der Waals surface area contributed by atoms with Crippen molar-refractivity contribution in [3.8, 4) is 0 Å². The van der Waals surface area contributed by atoms with Gasteiger partial charge in [0.25, 0.3) is 23.6 Å². The third-order valence-corrected chi connectivity index (χ3v) is 7.45. The number of anilines is 2. The van der Waals surface area contributed by atoms with Gasteiger partial charge in [0.15, 0.2) is 13.2 Å². The molecule has 15 heteroatoms. The van der Waals surface area contributed by atoms with Crippen LogP contribution in [0.1, 0.15) is 38.0 Å². The van der Waals surface area contributed by atoms with Crippen LogP contribution >= 0.6 is 46.4 Å². The molecule has 43 heavy (non-hydrogen) atoms. The number of esters is 2. The molecule has 0 aromatic heterocycles. The van der Waals surface area contributed by atoms with Crippen molar-refractivity contribution in [2.45, 2.75) is 13.0 Å². The highest BCUT2D eigenvalue weighted by Gasteiger charge is 2.42. The second-order valence-electron chi connectivity index (χ2n) is 8.95. The molecule has 0 spiro atoms. The minimum absolute atomic E-state index is 0.0593. The van der Waals surface area contributed by atoms with Crippen molar-refractivity contribution in [3.63, 3.8) is 0 Å². The van der Waals surface area contributed by atoms with Crippen molar-refractivity contribution in [2.24, 2.45) is 0 Å². The highest BCUT2D eigenvalue weighted by molar-refractivity contribution is 6.42. The molecule has 11 nitrogen and oxygen atoms in total. The van der Waals surface area contributed by atoms with Crippen molar-refractivity contribution in [1.29, 1.82) is 0 Å². The summed E-state index contributed by atoms with van der Waals surface area (Å²) in [6.07, 6.45) is 0. The average molecular weight is 667 g/mol. The van der Waals surface area contributed by atoms with E-state index in [9.17, 15) is 28.8 Å². The van der Waals surface area contributed by atoms with Crippen molar-refractivity contribution < 1.29 is 38.2 Å². The van der Waals surface area contributed by atoms with Gasteiger partial charge in [-0.2, -0.15) is 0 Å². The number of carbonyl (C=O) groups is 6. The average Bonchev–Trinajstić information content (AvgIpc) is 3.22. The van der Waals surface area contributed by atoms with Crippen LogP contribution in [0.5, 0.6) is 0 Å². The van der Waals surface area contributed by atoms with Gasteiger partial charge in [-0.05, 0) is 61.5 Å². The fourth-order valence-electron chi connectivity index (χ4n) is 3.86. The maximum atomic E-state index is 13.0. The minimum Gasteiger partial charge on any atom is -0.454 e. The summed E-state index contributed by atoms with van der Waals surface area (Å²) in [7, 11) is 0. The number of halogens is 4. The first-order chi connectivity index (χ1) is 20.3. The van der Waals surface area contributed by atoms with Gasteiger partial charge in [-0.3, -0.25) is 24.1 Å². The highest BCUT2D eigenvalue weighted by Crippen LogP contribution is 2.28. The second-order valence-corrected chi connectivity index (χ2v) is 10.6. The molecule has 0 unspecified atom stereocenters. The maximum Gasteiger partial charge on any atom is 0.338 e. The second kappa shape index (κ2) is 13.4. The molecule has 0 saturated heterocycles. The fraction of sp³-hybridized carbons (Fsp3) is 0.143. The van der Waals surface area contributed by atoms with E-state index in [0.717, 1.165) is 6.07 Å². The molecule has 0 bridgehead atoms. The number of carbonyl (C=O) groups excluding carboxylic acids is 6. The molecule has 0 saturated carbocycles. The van der Waals surface area contributed by atoms with Crippen LogP contribution in [0.3, 0.4) is 0 Å². The first-order valence-electron chi connectivity index (χ1n) is 12.2. The third kappa shape index (κ3) is 7.44. The number of nitrogens with zero attached hydrogens (tertiary/aromatic N) is 1. The first-order valence-corrected chi connectivity index (χ1v) is 13.7. The number of hydrogen-bond acceptors (Lipinski definition) is 8. The maximum absolute atomic E-state index is 13.0. The quantitative estimate of drug-likeness (QED) is 0.232. The van der Waals surface area contributed by atoms with Gasteiger partial charge in [0.2, 0.25) is 0 Å². The van der Waals surface area contributed by atoms with E-state index in [4.69, 9.17) is 55.9 Å². The van der Waals surface area contributed by atoms with Gasteiger partial charge < -0.3 is 20.1 Å². The first kappa shape index (κ1) is 31.8. The Morgan fingerprint density at radius 2 is 1.21 bits per heavy atom. The lowest BCUT2D eigenvalue weighted by Crippen LogP contribution is -2.44. The van der Waals surface area contributed by atoms with Crippen LogP contribution < -0.4 is 10.6 Å². The topological polar surface area (TPSA) is 148 Å². The summed E-state index contributed by atoms with van der Waals surface area (Å²) in [5, 5.41) is 5.97. The van der Waals surface area contributed by atoms with Gasteiger partial charge in [-0.25, -0.2) is 9.59 Å². The summed E-state index contributed by atoms with van der Waals surface area (Å²) in [6.45, 7) is -0.111. The molecule has 3 aromatic carbocycles. The van der Waals surface area contributed by atoms with E-state index in [2.05, 4.69) is 10.6 Å². The minimum atomic E-state index is -1.40. The van der Waals surface area contributed by atoms with E-state index in [1.165, 1.54) is 55.5 Å². The number of nitrogens with one attached hydrogen (secondary N) is 2. The molecule has 1 aliphatic rings. The summed E-state index contributed by atoms with van der Waals surface area (Å²) in [5.41, 5.74) is 0.313. The Hall–Kier alpha value is -4.16. The van der Waals surface area contributed by atoms with Crippen molar-refractivity contribution >= 4 is 93.3 Å². The Bertz CT molecular complexity index is 1680. The van der Waals surface area contributed by atoms with Gasteiger partial charge in [-0.15, -0.1) is 0 Å². The molecule has 1 atom stereocenters. The molecule has 1 aliphatic heterocycles. The standard InChI is InChI=1S/C28H19Cl4N3O8/c1-13(27(40)42-11-23(36)33-15-3-6-19(29)21(31)9-15)35-25(38)17-5-2-14(8-18(17)26(35)39)28(41)43-12-24(37)34-16-4-7-20(30)22(32)10-16/h2-10,13H,11-12H2,1H3,(H,33,36)(H,34,37)/t13-/m1/s1. The van der Waals surface area contributed by atoms with E-state index in [0.29, 0.717) is 21.3 Å². The van der Waals surface area contributed by atoms with Crippen molar-refractivity contribution in [3.05, 3.63) is 91.4 Å². The number of rotatable bonds is 9. The zero-order chi connectivity index (χ0) is 31.4. The lowest BCUT2D eigenvalue weighted by atomic mass is 10.1. The Morgan fingerprint density at radius 3 is 1.74 bits per heavy atom. The molecular weight excluding hydrogens is 648 g/mol. The largest absolute Gasteiger partial charge is 0.454 e. The Kier molecular flexibility index (Phi) is 9.92. The van der Waals surface area contributed by atoms with Crippen LogP contribution in [0.25, 0.3) is 0 Å². The van der Waals surface area contributed by atoms with Crippen LogP contribution in [0.2, 0.25) is 20.1 Å². The van der Waals surface area contributed by atoms with Gasteiger partial charge in [-0.1, -0.05) is 46.4 Å². The Labute approximate surface area is 263 Å². The summed E-state index contributed by atoms with van der Waals surface area (Å²) in [5.74, 6) is -4.99. The molecule has 4 rings (SSSR count). The van der Waals surface area contributed by atoms with Crippen LogP contribution in [0, 0.1) is 0 Å². The predicted molar refractivity (Wildman–Crippen MR) is 158 cm³/mol. The molecule has 4 amide bonds. The van der Waals surface area contributed by atoms with E-state index >= 15 is 0 Å². The molecular formula is C28H19Cl4N3O8. The smallest absolute Gasteiger partial charge is 0.338 e. The number of hydrogen-bond donors (Lipinski definition) is 2. The highest BCUT2D eigenvalue weighted by atomic mass is 35.5. The Balaban J connectivity index is 1.33. The molecule has 2 N–H and O–H groups in total. The molecule has 0 radical (unpaired) electrons. The zero-order valence-corrected chi connectivity index (χ0v) is 24.9. The summed E-state index contributed by atoms with van der Waals surface area (Å²) in [4.78, 5) is 76.1. The molecule has 222 valence electrons. The van der Waals surface area contributed by atoms with Gasteiger partial charge in [0.1, 0.15) is 6.04 Å². The SMILES string of the molecule is C[C@H](C(=O)OCC(=O)Nc1ccc(Cl)c(Cl)c1)N1C(=O)c2ccc(C(=O)OCC(=O)Nc3ccc(Cl)c(Cl)c3)cc2C1=O. The van der Waals surface area contributed by atoms with Crippen LogP contribution in [-0.4, -0.2) is 59.7 Å². The molecule has 3 aromatic rings. The van der Waals surface area contributed by atoms with Gasteiger partial charge in [0.05, 0.1) is 36.8 Å². The summed E-state index contributed by atoms with van der Waals surface area (Å²) >= 11 is 23.5. The van der Waals surface area contributed by atoms with Crippen LogP contribution in [-0.2, 0) is 23.9 Å². The van der Waals surface area contributed by atoms with Gasteiger partial charge >= 0.3 is 11.9 Å². The Morgan fingerprint density at radius 1 is 0.698 bits per heavy atom. The monoisotopic (exact) mass is 665 g/mol. The predicted octanol–water partition coefficient (Wildman–Crippen LogP) is 5.26. The van der Waals surface area contributed by atoms with Crippen molar-refractivity contribution in [1.82, 2.24) is 4.90 Å². The van der Waals surface area contributed by atoms with E-state index in [1.807, 2.05) is 0 Å². The zero-order valence-electron chi connectivity index (χ0n) is 21.9. The van der Waals surface area contributed by atoms with Crippen LogP contribution in [0.4, 0.5) is 11.4 Å². The van der Waals surface area contributed by atoms with Crippen LogP contribution in [0.15, 0.2) is 54.6 Å². The number of imide groups is 1. The normalized spacial score (nSPS) is 12.8. The van der Waals surface area contributed by atoms with E-state index in [-0.39, 0.29) is 31.8 Å². The van der Waals surface area contributed by atoms with E-state index < -0.39 is 54.8 Å². The number of benzene rings is 3. The van der Waals surface area contributed by atoms with Crippen molar-refractivity contribution in [2.75, 3.05) is 23.8 Å². The summed E-state index contributed by atoms with van der Waals surface area (Å²) in [6, 6.07) is 11.0. The lowest BCUT2D eigenvalue weighted by molar-refractivity contribution is -0.150. The number of ether oxygens (including phenoxy) is 2. The molecule has 1 heterocycles. The summed E-state index contributed by atoms with van der Waals surface area (Å²) < 4.78 is 10.0. The third-order valence-electron chi connectivity index (χ3n) is 5.97.